The van der Waals surface area contributed by atoms with E-state index in [2.05, 4.69) is 11.1 Å². The maximum absolute atomic E-state index is 11.2. The fourth-order valence-corrected chi connectivity index (χ4v) is 4.17. The minimum absolute atomic E-state index is 0.104. The van der Waals surface area contributed by atoms with E-state index in [0.717, 1.165) is 19.3 Å². The summed E-state index contributed by atoms with van der Waals surface area (Å²) in [5, 5.41) is -1.34. The first-order valence-corrected chi connectivity index (χ1v) is 13.1. The highest BCUT2D eigenvalue weighted by Crippen LogP contribution is 2.15. The fourth-order valence-electron chi connectivity index (χ4n) is 3.05. The topological polar surface area (TPSA) is 118 Å². The van der Waals surface area contributed by atoms with Gasteiger partial charge in [0.2, 0.25) is 0 Å². The summed E-state index contributed by atoms with van der Waals surface area (Å²) in [7, 11) is -9.12. The highest BCUT2D eigenvalue weighted by Gasteiger charge is 2.25. The van der Waals surface area contributed by atoms with E-state index in [0.29, 0.717) is 6.42 Å². The second kappa shape index (κ2) is 15.7. The van der Waals surface area contributed by atoms with Crippen LogP contribution in [0.15, 0.2) is 0 Å². The number of unbranched alkanes of at least 4 members (excludes halogenated alkanes) is 13. The molecule has 1 atom stereocenters. The summed E-state index contributed by atoms with van der Waals surface area (Å²) in [4.78, 5) is 0. The van der Waals surface area contributed by atoms with Crippen LogP contribution in [-0.2, 0) is 24.7 Å². The van der Waals surface area contributed by atoms with Gasteiger partial charge in [-0.25, -0.2) is 4.18 Å². The van der Waals surface area contributed by atoms with E-state index >= 15 is 0 Å². The van der Waals surface area contributed by atoms with Crippen LogP contribution in [0, 0.1) is 0 Å². The van der Waals surface area contributed by atoms with Crippen molar-refractivity contribution in [1.82, 2.24) is 0 Å². The second-order valence-electron chi connectivity index (χ2n) is 7.23. The Kier molecular flexibility index (Phi) is 15.5. The summed E-state index contributed by atoms with van der Waals surface area (Å²) in [6.07, 6.45) is 16.5. The van der Waals surface area contributed by atoms with Crippen LogP contribution in [0.25, 0.3) is 0 Å². The first-order chi connectivity index (χ1) is 12.7. The Labute approximate surface area is 166 Å². The van der Waals surface area contributed by atoms with Gasteiger partial charge in [0.1, 0.15) is 5.25 Å². The van der Waals surface area contributed by atoms with Gasteiger partial charge in [0.05, 0.1) is 6.61 Å². The predicted molar refractivity (Wildman–Crippen MR) is 108 cm³/mol. The minimum atomic E-state index is -4.71. The van der Waals surface area contributed by atoms with Crippen molar-refractivity contribution in [3.05, 3.63) is 0 Å². The van der Waals surface area contributed by atoms with Crippen molar-refractivity contribution >= 4 is 20.5 Å². The van der Waals surface area contributed by atoms with Crippen molar-refractivity contribution in [2.45, 2.75) is 108 Å². The van der Waals surface area contributed by atoms with E-state index in [1.807, 2.05) is 0 Å². The summed E-state index contributed by atoms with van der Waals surface area (Å²) in [6, 6.07) is 0. The molecule has 0 aliphatic rings. The average molecular weight is 431 g/mol. The zero-order valence-corrected chi connectivity index (χ0v) is 18.3. The van der Waals surface area contributed by atoms with Gasteiger partial charge in [-0.05, 0) is 6.42 Å². The number of hydrogen-bond donors (Lipinski definition) is 2. The Balaban J connectivity index is 3.60. The van der Waals surface area contributed by atoms with Gasteiger partial charge in [0, 0.05) is 0 Å². The highest BCUT2D eigenvalue weighted by molar-refractivity contribution is 7.86. The zero-order chi connectivity index (χ0) is 20.6. The van der Waals surface area contributed by atoms with Crippen LogP contribution < -0.4 is 0 Å². The van der Waals surface area contributed by atoms with E-state index in [-0.39, 0.29) is 6.42 Å². The molecule has 0 aliphatic carbocycles. The number of rotatable bonds is 19. The van der Waals surface area contributed by atoms with Crippen LogP contribution >= 0.6 is 0 Å². The first kappa shape index (κ1) is 26.8. The van der Waals surface area contributed by atoms with E-state index < -0.39 is 32.4 Å². The van der Waals surface area contributed by atoms with Crippen LogP contribution in [0.5, 0.6) is 0 Å². The van der Waals surface area contributed by atoms with Crippen molar-refractivity contribution in [2.75, 3.05) is 6.61 Å². The van der Waals surface area contributed by atoms with Gasteiger partial charge >= 0.3 is 10.4 Å². The quantitative estimate of drug-likeness (QED) is 0.220. The second-order valence-corrected chi connectivity index (χ2v) is 10.0. The standard InChI is InChI=1S/C18H38O7S2/c1-2-3-4-5-6-7-8-9-10-11-12-13-14-15-16-18(26(19,20)21)17-25-27(22,23)24/h18H,2-17H2,1H3,(H,19,20,21)(H,22,23,24). The largest absolute Gasteiger partial charge is 0.397 e. The van der Waals surface area contributed by atoms with Crippen LogP contribution in [0.3, 0.4) is 0 Å². The molecular weight excluding hydrogens is 392 g/mol. The fraction of sp³-hybridized carbons (Fsp3) is 1.00. The third-order valence-electron chi connectivity index (χ3n) is 4.70. The molecule has 0 aromatic heterocycles. The highest BCUT2D eigenvalue weighted by atomic mass is 32.3. The lowest BCUT2D eigenvalue weighted by Crippen LogP contribution is -2.27. The summed E-state index contributed by atoms with van der Waals surface area (Å²) in [6.45, 7) is 1.46. The van der Waals surface area contributed by atoms with E-state index in [9.17, 15) is 16.8 Å². The lowest BCUT2D eigenvalue weighted by Gasteiger charge is -2.12. The molecule has 0 saturated heterocycles. The van der Waals surface area contributed by atoms with E-state index in [1.165, 1.54) is 64.2 Å². The summed E-state index contributed by atoms with van der Waals surface area (Å²) >= 11 is 0. The van der Waals surface area contributed by atoms with E-state index in [4.69, 9.17) is 9.11 Å². The first-order valence-electron chi connectivity index (χ1n) is 10.2. The molecule has 0 aliphatic heterocycles. The summed E-state index contributed by atoms with van der Waals surface area (Å²) < 4.78 is 65.1. The molecule has 2 N–H and O–H groups in total. The van der Waals surface area contributed by atoms with Gasteiger partial charge in [-0.3, -0.25) is 9.11 Å². The molecule has 0 amide bonds. The Morgan fingerprint density at radius 2 is 1.04 bits per heavy atom. The van der Waals surface area contributed by atoms with Gasteiger partial charge < -0.3 is 0 Å². The maximum atomic E-state index is 11.2. The molecule has 164 valence electrons. The Morgan fingerprint density at radius 1 is 0.667 bits per heavy atom. The lowest BCUT2D eigenvalue weighted by atomic mass is 10.0. The third kappa shape index (κ3) is 18.9. The zero-order valence-electron chi connectivity index (χ0n) is 16.6. The van der Waals surface area contributed by atoms with Gasteiger partial charge in [0.25, 0.3) is 10.1 Å². The van der Waals surface area contributed by atoms with Crippen molar-refractivity contribution in [3.63, 3.8) is 0 Å². The van der Waals surface area contributed by atoms with Crippen LogP contribution in [0.1, 0.15) is 103 Å². The third-order valence-corrected chi connectivity index (χ3v) is 6.35. The van der Waals surface area contributed by atoms with Crippen LogP contribution in [-0.4, -0.2) is 37.8 Å². The molecule has 0 aromatic carbocycles. The van der Waals surface area contributed by atoms with Crippen LogP contribution in [0.4, 0.5) is 0 Å². The Bertz CT molecular complexity index is 544. The van der Waals surface area contributed by atoms with Crippen molar-refractivity contribution < 1.29 is 30.1 Å². The van der Waals surface area contributed by atoms with Gasteiger partial charge in [-0.1, -0.05) is 96.8 Å². The van der Waals surface area contributed by atoms with Gasteiger partial charge in [0.15, 0.2) is 0 Å². The van der Waals surface area contributed by atoms with E-state index in [1.54, 1.807) is 0 Å². The molecule has 0 heterocycles. The summed E-state index contributed by atoms with van der Waals surface area (Å²) in [5.41, 5.74) is 0. The van der Waals surface area contributed by atoms with Gasteiger partial charge in [-0.2, -0.15) is 16.8 Å². The minimum Gasteiger partial charge on any atom is -0.285 e. The average Bonchev–Trinajstić information content (AvgIpc) is 2.55. The summed E-state index contributed by atoms with van der Waals surface area (Å²) in [5.74, 6) is 0. The molecular formula is C18H38O7S2. The molecule has 27 heavy (non-hydrogen) atoms. The lowest BCUT2D eigenvalue weighted by molar-refractivity contribution is 0.258. The normalized spacial score (nSPS) is 13.7. The smallest absolute Gasteiger partial charge is 0.285 e. The molecule has 9 heteroatoms. The molecule has 0 rings (SSSR count). The molecule has 1 unspecified atom stereocenters. The van der Waals surface area contributed by atoms with Crippen molar-refractivity contribution in [2.24, 2.45) is 0 Å². The monoisotopic (exact) mass is 430 g/mol. The maximum Gasteiger partial charge on any atom is 0.397 e. The predicted octanol–water partition coefficient (Wildman–Crippen LogP) is 4.93. The molecule has 0 bridgehead atoms. The Hall–Kier alpha value is -0.220. The molecule has 0 fully saturated rings. The molecule has 7 nitrogen and oxygen atoms in total. The molecule has 0 aromatic rings. The van der Waals surface area contributed by atoms with Crippen molar-refractivity contribution in [3.8, 4) is 0 Å². The van der Waals surface area contributed by atoms with Gasteiger partial charge in [-0.15, -0.1) is 0 Å². The molecule has 0 saturated carbocycles. The van der Waals surface area contributed by atoms with Crippen LogP contribution in [0.2, 0.25) is 0 Å². The van der Waals surface area contributed by atoms with Crippen molar-refractivity contribution in [1.29, 1.82) is 0 Å². The Morgan fingerprint density at radius 3 is 1.37 bits per heavy atom. The molecule has 0 radical (unpaired) electrons. The SMILES string of the molecule is CCCCCCCCCCCCCCCCC(COS(=O)(=O)O)S(=O)(=O)O. The molecule has 0 spiro atoms. The number of hydrogen-bond acceptors (Lipinski definition) is 5.